The van der Waals surface area contributed by atoms with Crippen LogP contribution in [0.4, 0.5) is 4.79 Å². The summed E-state index contributed by atoms with van der Waals surface area (Å²) in [6.45, 7) is 4.69. The van der Waals surface area contributed by atoms with Crippen LogP contribution in [-0.2, 0) is 19.0 Å². The standard InChI is InChI=1S/C55H109N3O10/c1-5-7-9-11-13-15-17-19-20-21-22-23-24-25-26-27-28-29-31-33-35-37-39-41-49(60)57-46(50(61)47(59)40-38-36-34-32-30-18-16-14-12-10-8-6-2)44-66-54-53(64)52(63)51(62)48(68-54)45-67-55(65)56-42-43-58(3)4/h46-48,50-54,59,61-64H,5-45H2,1-4H3,(H,56,65)(H,57,60)/t46-,47+,48+,50-,51-,52-,53+,54-/m0/s1. The number of aliphatic hydroxyl groups excluding tert-OH is 5. The number of nitrogens with zero attached hydrogens (tertiary/aromatic N) is 1. The molecule has 0 saturated carbocycles. The minimum atomic E-state index is -1.67. The molecule has 1 saturated heterocycles. The lowest BCUT2D eigenvalue weighted by Crippen LogP contribution is -2.60. The second kappa shape index (κ2) is 45.3. The van der Waals surface area contributed by atoms with E-state index in [4.69, 9.17) is 14.2 Å². The number of carbonyl (C=O) groups is 2. The third-order valence-corrected chi connectivity index (χ3v) is 13.8. The van der Waals surface area contributed by atoms with E-state index in [1.54, 1.807) is 0 Å². The van der Waals surface area contributed by atoms with E-state index in [0.717, 1.165) is 44.9 Å². The molecule has 2 amide bonds. The van der Waals surface area contributed by atoms with Crippen molar-refractivity contribution in [1.29, 1.82) is 0 Å². The van der Waals surface area contributed by atoms with Crippen LogP contribution in [0.3, 0.4) is 0 Å². The maximum absolute atomic E-state index is 13.2. The van der Waals surface area contributed by atoms with Crippen molar-refractivity contribution in [3.8, 4) is 0 Å². The summed E-state index contributed by atoms with van der Waals surface area (Å²) in [4.78, 5) is 27.3. The number of carbonyl (C=O) groups excluding carboxylic acids is 2. The van der Waals surface area contributed by atoms with Gasteiger partial charge in [-0.1, -0.05) is 232 Å². The number of hydrogen-bond donors (Lipinski definition) is 7. The molecule has 1 rings (SSSR count). The van der Waals surface area contributed by atoms with E-state index >= 15 is 0 Å². The van der Waals surface area contributed by atoms with Crippen LogP contribution < -0.4 is 10.6 Å². The van der Waals surface area contributed by atoms with Crippen molar-refractivity contribution in [2.75, 3.05) is 40.4 Å². The summed E-state index contributed by atoms with van der Waals surface area (Å²) in [6.07, 6.45) is 33.9. The lowest BCUT2D eigenvalue weighted by Gasteiger charge is -2.40. The molecule has 1 aliphatic rings. The van der Waals surface area contributed by atoms with Gasteiger partial charge in [-0.05, 0) is 26.9 Å². The Morgan fingerprint density at radius 1 is 0.559 bits per heavy atom. The van der Waals surface area contributed by atoms with Crippen LogP contribution in [0.1, 0.15) is 251 Å². The summed E-state index contributed by atoms with van der Waals surface area (Å²) in [7, 11) is 3.73. The average molecular weight is 972 g/mol. The van der Waals surface area contributed by atoms with E-state index in [0.29, 0.717) is 25.9 Å². The molecule has 0 aliphatic carbocycles. The summed E-state index contributed by atoms with van der Waals surface area (Å²) >= 11 is 0. The molecule has 8 atom stereocenters. The van der Waals surface area contributed by atoms with Crippen LogP contribution in [0.15, 0.2) is 0 Å². The molecular formula is C55H109N3O10. The molecule has 7 N–H and O–H groups in total. The Labute approximate surface area is 416 Å². The SMILES string of the molecule is CCCCCCCCCCCCCCCCCCCCCCCCCC(=O)N[C@@H](CO[C@H]1O[C@H](COC(=O)NCCN(C)C)[C@H](O)[C@H](O)[C@H]1O)[C@H](O)[C@H](O)CCCCCCCCCCCCCC. The minimum Gasteiger partial charge on any atom is -0.447 e. The maximum atomic E-state index is 13.2. The Hall–Kier alpha value is -1.58. The molecule has 404 valence electrons. The number of unbranched alkanes of at least 4 members (excludes halogenated alkanes) is 33. The van der Waals surface area contributed by atoms with Gasteiger partial charge in [0.05, 0.1) is 18.8 Å². The highest BCUT2D eigenvalue weighted by molar-refractivity contribution is 5.76. The van der Waals surface area contributed by atoms with Gasteiger partial charge in [0, 0.05) is 19.5 Å². The quantitative estimate of drug-likeness (QED) is 0.0287. The predicted octanol–water partition coefficient (Wildman–Crippen LogP) is 10.8. The number of nitrogens with one attached hydrogen (secondary N) is 2. The van der Waals surface area contributed by atoms with Crippen molar-refractivity contribution < 1.29 is 49.3 Å². The van der Waals surface area contributed by atoms with Gasteiger partial charge in [-0.15, -0.1) is 0 Å². The van der Waals surface area contributed by atoms with Gasteiger partial charge in [0.25, 0.3) is 0 Å². The predicted molar refractivity (Wildman–Crippen MR) is 277 cm³/mol. The summed E-state index contributed by atoms with van der Waals surface area (Å²) < 4.78 is 16.8. The topological polar surface area (TPSA) is 190 Å². The number of rotatable bonds is 48. The summed E-state index contributed by atoms with van der Waals surface area (Å²) in [6, 6.07) is -1.03. The van der Waals surface area contributed by atoms with Gasteiger partial charge >= 0.3 is 6.09 Å². The largest absolute Gasteiger partial charge is 0.447 e. The zero-order valence-corrected chi connectivity index (χ0v) is 44.3. The Bertz CT molecular complexity index is 1140. The number of amides is 2. The first-order valence-electron chi connectivity index (χ1n) is 28.5. The van der Waals surface area contributed by atoms with Crippen molar-refractivity contribution in [3.05, 3.63) is 0 Å². The second-order valence-corrected chi connectivity index (χ2v) is 20.6. The van der Waals surface area contributed by atoms with Gasteiger partial charge in [-0.2, -0.15) is 0 Å². The average Bonchev–Trinajstić information content (AvgIpc) is 3.32. The summed E-state index contributed by atoms with van der Waals surface area (Å²) in [5, 5.41) is 59.8. The van der Waals surface area contributed by atoms with Crippen molar-refractivity contribution in [3.63, 3.8) is 0 Å². The van der Waals surface area contributed by atoms with Gasteiger partial charge in [0.2, 0.25) is 5.91 Å². The van der Waals surface area contributed by atoms with Crippen LogP contribution in [0.25, 0.3) is 0 Å². The van der Waals surface area contributed by atoms with E-state index in [-0.39, 0.29) is 18.9 Å². The lowest BCUT2D eigenvalue weighted by molar-refractivity contribution is -0.302. The highest BCUT2D eigenvalue weighted by Gasteiger charge is 2.45. The Morgan fingerprint density at radius 3 is 1.37 bits per heavy atom. The molecule has 13 nitrogen and oxygen atoms in total. The zero-order chi connectivity index (χ0) is 49.9. The third kappa shape index (κ3) is 35.5. The maximum Gasteiger partial charge on any atom is 0.407 e. The van der Waals surface area contributed by atoms with E-state index in [1.165, 1.54) is 173 Å². The molecule has 0 spiro atoms. The molecule has 1 heterocycles. The Balaban J connectivity index is 2.46. The van der Waals surface area contributed by atoms with Gasteiger partial charge in [0.1, 0.15) is 37.1 Å². The molecule has 1 aliphatic heterocycles. The fourth-order valence-corrected chi connectivity index (χ4v) is 9.19. The molecule has 0 radical (unpaired) electrons. The Morgan fingerprint density at radius 2 is 0.956 bits per heavy atom. The minimum absolute atomic E-state index is 0.265. The number of likely N-dealkylation sites (N-methyl/N-ethyl adjacent to an activating group) is 1. The number of aliphatic hydroxyl groups is 5. The highest BCUT2D eigenvalue weighted by atomic mass is 16.7. The molecule has 0 aromatic carbocycles. The van der Waals surface area contributed by atoms with Crippen molar-refractivity contribution in [2.45, 2.75) is 300 Å². The fraction of sp³-hybridized carbons (Fsp3) is 0.964. The van der Waals surface area contributed by atoms with Gasteiger partial charge in [-0.25, -0.2) is 4.79 Å². The molecule has 0 unspecified atom stereocenters. The number of hydrogen-bond acceptors (Lipinski definition) is 11. The van der Waals surface area contributed by atoms with Crippen LogP contribution >= 0.6 is 0 Å². The number of ether oxygens (including phenoxy) is 3. The molecule has 13 heteroatoms. The highest BCUT2D eigenvalue weighted by Crippen LogP contribution is 2.24. The first kappa shape index (κ1) is 64.4. The van der Waals surface area contributed by atoms with E-state index in [2.05, 4.69) is 24.5 Å². The first-order valence-corrected chi connectivity index (χ1v) is 28.5. The van der Waals surface area contributed by atoms with Crippen LogP contribution in [0.5, 0.6) is 0 Å². The van der Waals surface area contributed by atoms with Gasteiger partial charge in [0.15, 0.2) is 6.29 Å². The number of alkyl carbamates (subject to hydrolysis) is 1. The molecular weight excluding hydrogens is 863 g/mol. The second-order valence-electron chi connectivity index (χ2n) is 20.6. The normalized spacial score (nSPS) is 19.8. The monoisotopic (exact) mass is 972 g/mol. The van der Waals surface area contributed by atoms with Crippen molar-refractivity contribution in [2.24, 2.45) is 0 Å². The zero-order valence-electron chi connectivity index (χ0n) is 44.3. The van der Waals surface area contributed by atoms with Crippen LogP contribution in [0, 0.1) is 0 Å². The van der Waals surface area contributed by atoms with Gasteiger partial charge < -0.3 is 55.3 Å². The Kier molecular flexibility index (Phi) is 42.9. The first-order chi connectivity index (χ1) is 33.0. The molecule has 68 heavy (non-hydrogen) atoms. The van der Waals surface area contributed by atoms with Crippen LogP contribution in [0.2, 0.25) is 0 Å². The third-order valence-electron chi connectivity index (χ3n) is 13.8. The molecule has 0 aromatic heterocycles. The summed E-state index contributed by atoms with van der Waals surface area (Å²) in [5.41, 5.74) is 0. The van der Waals surface area contributed by atoms with Crippen LogP contribution in [-0.4, -0.2) is 132 Å². The van der Waals surface area contributed by atoms with Crippen molar-refractivity contribution in [1.82, 2.24) is 15.5 Å². The fourth-order valence-electron chi connectivity index (χ4n) is 9.19. The van der Waals surface area contributed by atoms with Crippen molar-refractivity contribution >= 4 is 12.0 Å². The lowest BCUT2D eigenvalue weighted by atomic mass is 9.98. The summed E-state index contributed by atoms with van der Waals surface area (Å²) in [5.74, 6) is -0.272. The van der Waals surface area contributed by atoms with E-state index < -0.39 is 61.7 Å². The molecule has 0 bridgehead atoms. The van der Waals surface area contributed by atoms with E-state index in [9.17, 15) is 35.1 Å². The molecule has 1 fully saturated rings. The van der Waals surface area contributed by atoms with Gasteiger partial charge in [-0.3, -0.25) is 4.79 Å². The smallest absolute Gasteiger partial charge is 0.407 e. The van der Waals surface area contributed by atoms with E-state index in [1.807, 2.05) is 19.0 Å². The molecule has 0 aromatic rings.